The average Bonchev–Trinajstić information content (AvgIpc) is 2.37. The van der Waals surface area contributed by atoms with Gasteiger partial charge in [0, 0.05) is 24.2 Å². The Morgan fingerprint density at radius 3 is 2.83 bits per heavy atom. The first-order valence-electron chi connectivity index (χ1n) is 5.77. The number of hydrogen-bond donors (Lipinski definition) is 0. The predicted octanol–water partition coefficient (Wildman–Crippen LogP) is 1.58. The minimum absolute atomic E-state index is 0.401. The highest BCUT2D eigenvalue weighted by molar-refractivity contribution is 5.79. The molecule has 18 heavy (non-hydrogen) atoms. The van der Waals surface area contributed by atoms with Crippen LogP contribution in [0.15, 0.2) is 24.4 Å². The van der Waals surface area contributed by atoms with E-state index in [2.05, 4.69) is 9.97 Å². The molecule has 0 spiro atoms. The van der Waals surface area contributed by atoms with Crippen molar-refractivity contribution in [2.24, 2.45) is 0 Å². The molecule has 2 rings (SSSR count). The number of benzene rings is 1. The second kappa shape index (κ2) is 5.64. The van der Waals surface area contributed by atoms with Gasteiger partial charge in [-0.15, -0.1) is 0 Å². The molecule has 0 saturated heterocycles. The summed E-state index contributed by atoms with van der Waals surface area (Å²) in [7, 11) is 5.63. The summed E-state index contributed by atoms with van der Waals surface area (Å²) < 4.78 is 10.7. The van der Waals surface area contributed by atoms with E-state index in [0.717, 1.165) is 23.2 Å². The summed E-state index contributed by atoms with van der Waals surface area (Å²) in [5.41, 5.74) is 0.823. The highest BCUT2D eigenvalue weighted by Crippen LogP contribution is 2.19. The zero-order valence-corrected chi connectivity index (χ0v) is 10.9. The summed E-state index contributed by atoms with van der Waals surface area (Å²) in [6.45, 7) is 1.40. The second-order valence-electron chi connectivity index (χ2n) is 4.23. The van der Waals surface area contributed by atoms with Crippen LogP contribution >= 0.6 is 0 Å². The SMILES string of the molecule is COc1ccc2cnc(OCCN(C)C)nc2c1. The lowest BCUT2D eigenvalue weighted by Gasteiger charge is -2.10. The van der Waals surface area contributed by atoms with E-state index < -0.39 is 0 Å². The van der Waals surface area contributed by atoms with Crippen LogP contribution in [0.2, 0.25) is 0 Å². The van der Waals surface area contributed by atoms with Crippen LogP contribution < -0.4 is 9.47 Å². The summed E-state index contributed by atoms with van der Waals surface area (Å²) in [5, 5.41) is 0.968. The van der Waals surface area contributed by atoms with Gasteiger partial charge in [-0.3, -0.25) is 0 Å². The van der Waals surface area contributed by atoms with Crippen LogP contribution in [0.1, 0.15) is 0 Å². The molecule has 96 valence electrons. The van der Waals surface area contributed by atoms with E-state index in [1.54, 1.807) is 13.3 Å². The molecule has 1 aromatic heterocycles. The lowest BCUT2D eigenvalue weighted by atomic mass is 10.2. The number of nitrogens with zero attached hydrogens (tertiary/aromatic N) is 3. The molecule has 1 aromatic carbocycles. The summed E-state index contributed by atoms with van der Waals surface area (Å²) in [5.74, 6) is 0.778. The first-order chi connectivity index (χ1) is 8.69. The fourth-order valence-electron chi connectivity index (χ4n) is 1.50. The molecule has 5 nitrogen and oxygen atoms in total. The Hall–Kier alpha value is -1.88. The maximum absolute atomic E-state index is 5.49. The first-order valence-corrected chi connectivity index (χ1v) is 5.77. The van der Waals surface area contributed by atoms with E-state index >= 15 is 0 Å². The van der Waals surface area contributed by atoms with E-state index in [1.807, 2.05) is 37.2 Å². The molecule has 0 saturated carbocycles. The Labute approximate surface area is 106 Å². The van der Waals surface area contributed by atoms with Gasteiger partial charge < -0.3 is 14.4 Å². The molecule has 0 bridgehead atoms. The van der Waals surface area contributed by atoms with E-state index in [1.165, 1.54) is 0 Å². The van der Waals surface area contributed by atoms with Crippen LogP contribution in [0.4, 0.5) is 0 Å². The van der Waals surface area contributed by atoms with Gasteiger partial charge in [-0.25, -0.2) is 4.98 Å². The normalized spacial score (nSPS) is 10.9. The van der Waals surface area contributed by atoms with Gasteiger partial charge in [0.25, 0.3) is 0 Å². The quantitative estimate of drug-likeness (QED) is 0.802. The molecule has 0 aliphatic carbocycles. The number of hydrogen-bond acceptors (Lipinski definition) is 5. The predicted molar refractivity (Wildman–Crippen MR) is 70.1 cm³/mol. The lowest BCUT2D eigenvalue weighted by Crippen LogP contribution is -2.20. The third-order valence-corrected chi connectivity index (χ3v) is 2.54. The molecule has 0 amide bonds. The Morgan fingerprint density at radius 2 is 2.11 bits per heavy atom. The van der Waals surface area contributed by atoms with Crippen LogP contribution in [0, 0.1) is 0 Å². The molecule has 2 aromatic rings. The van der Waals surface area contributed by atoms with Gasteiger partial charge in [-0.05, 0) is 26.2 Å². The van der Waals surface area contributed by atoms with Gasteiger partial charge in [0.2, 0.25) is 0 Å². The summed E-state index contributed by atoms with van der Waals surface area (Å²) in [6.07, 6.45) is 1.76. The van der Waals surface area contributed by atoms with E-state index in [4.69, 9.17) is 9.47 Å². The maximum Gasteiger partial charge on any atom is 0.316 e. The van der Waals surface area contributed by atoms with Crippen molar-refractivity contribution in [2.45, 2.75) is 0 Å². The van der Waals surface area contributed by atoms with Gasteiger partial charge in [-0.2, -0.15) is 4.98 Å². The molecule has 5 heteroatoms. The Morgan fingerprint density at radius 1 is 1.28 bits per heavy atom. The molecule has 0 aliphatic heterocycles. The first kappa shape index (κ1) is 12.6. The van der Waals surface area contributed by atoms with E-state index in [0.29, 0.717) is 12.6 Å². The summed E-state index contributed by atoms with van der Waals surface area (Å²) in [4.78, 5) is 10.6. The second-order valence-corrected chi connectivity index (χ2v) is 4.23. The van der Waals surface area contributed by atoms with Gasteiger partial charge >= 0.3 is 6.01 Å². The molecule has 0 radical (unpaired) electrons. The van der Waals surface area contributed by atoms with Crippen molar-refractivity contribution < 1.29 is 9.47 Å². The summed E-state index contributed by atoms with van der Waals surface area (Å²) in [6, 6.07) is 6.09. The molecule has 0 unspecified atom stereocenters. The largest absolute Gasteiger partial charge is 0.497 e. The summed E-state index contributed by atoms with van der Waals surface area (Å²) >= 11 is 0. The van der Waals surface area contributed by atoms with Crippen LogP contribution in [0.25, 0.3) is 10.9 Å². The van der Waals surface area contributed by atoms with Crippen molar-refractivity contribution in [3.05, 3.63) is 24.4 Å². The average molecular weight is 247 g/mol. The van der Waals surface area contributed by atoms with Crippen molar-refractivity contribution in [1.29, 1.82) is 0 Å². The third-order valence-electron chi connectivity index (χ3n) is 2.54. The molecular weight excluding hydrogens is 230 g/mol. The van der Waals surface area contributed by atoms with Crippen LogP contribution in [0.5, 0.6) is 11.8 Å². The fraction of sp³-hybridized carbons (Fsp3) is 0.385. The lowest BCUT2D eigenvalue weighted by molar-refractivity contribution is 0.246. The third kappa shape index (κ3) is 3.07. The molecule has 0 aliphatic rings. The monoisotopic (exact) mass is 247 g/mol. The maximum atomic E-state index is 5.49. The van der Waals surface area contributed by atoms with Crippen molar-refractivity contribution in [2.75, 3.05) is 34.4 Å². The Kier molecular flexibility index (Phi) is 3.94. The number of likely N-dealkylation sites (N-methyl/N-ethyl adjacent to an activating group) is 1. The van der Waals surface area contributed by atoms with Crippen molar-refractivity contribution >= 4 is 10.9 Å². The number of fused-ring (bicyclic) bond motifs is 1. The topological polar surface area (TPSA) is 47.5 Å². The minimum Gasteiger partial charge on any atom is -0.497 e. The van der Waals surface area contributed by atoms with Crippen LogP contribution in [-0.2, 0) is 0 Å². The van der Waals surface area contributed by atoms with E-state index in [9.17, 15) is 0 Å². The number of ether oxygens (including phenoxy) is 2. The van der Waals surface area contributed by atoms with Gasteiger partial charge in [0.1, 0.15) is 12.4 Å². The van der Waals surface area contributed by atoms with Crippen molar-refractivity contribution in [3.63, 3.8) is 0 Å². The fourth-order valence-corrected chi connectivity index (χ4v) is 1.50. The number of methoxy groups -OCH3 is 1. The number of rotatable bonds is 5. The van der Waals surface area contributed by atoms with Crippen LogP contribution in [-0.4, -0.2) is 49.2 Å². The highest BCUT2D eigenvalue weighted by Gasteiger charge is 2.02. The minimum atomic E-state index is 0.401. The van der Waals surface area contributed by atoms with Gasteiger partial charge in [0.15, 0.2) is 0 Å². The molecular formula is C13H17N3O2. The van der Waals surface area contributed by atoms with Gasteiger partial charge in [0.05, 0.1) is 12.6 Å². The van der Waals surface area contributed by atoms with Gasteiger partial charge in [-0.1, -0.05) is 0 Å². The molecule has 0 N–H and O–H groups in total. The van der Waals surface area contributed by atoms with Crippen LogP contribution in [0.3, 0.4) is 0 Å². The standard InChI is InChI=1S/C13H17N3O2/c1-16(2)6-7-18-13-14-9-10-4-5-11(17-3)8-12(10)15-13/h4-5,8-9H,6-7H2,1-3H3. The number of aromatic nitrogens is 2. The molecule has 0 fully saturated rings. The highest BCUT2D eigenvalue weighted by atomic mass is 16.5. The van der Waals surface area contributed by atoms with Crippen molar-refractivity contribution in [1.82, 2.24) is 14.9 Å². The molecule has 0 atom stereocenters. The Balaban J connectivity index is 2.15. The van der Waals surface area contributed by atoms with Crippen molar-refractivity contribution in [3.8, 4) is 11.8 Å². The smallest absolute Gasteiger partial charge is 0.316 e. The Bertz CT molecular complexity index is 529. The zero-order valence-electron chi connectivity index (χ0n) is 10.9. The zero-order chi connectivity index (χ0) is 13.0. The van der Waals surface area contributed by atoms with E-state index in [-0.39, 0.29) is 0 Å². The molecule has 1 heterocycles.